The second-order valence-corrected chi connectivity index (χ2v) is 5.10. The second kappa shape index (κ2) is 6.68. The van der Waals surface area contributed by atoms with Crippen LogP contribution in [0.1, 0.15) is 24.5 Å². The van der Waals surface area contributed by atoms with Gasteiger partial charge in [-0.2, -0.15) is 0 Å². The van der Waals surface area contributed by atoms with Crippen LogP contribution in [0.3, 0.4) is 0 Å². The molecule has 0 saturated heterocycles. The smallest absolute Gasteiger partial charge is 0.237 e. The fourth-order valence-electron chi connectivity index (χ4n) is 2.35. The zero-order chi connectivity index (χ0) is 13.7. The molecule has 4 heteroatoms. The average molecular weight is 262 g/mol. The molecule has 2 N–H and O–H groups in total. The predicted octanol–water partition coefficient (Wildman–Crippen LogP) is 1.24. The molecule has 1 heterocycles. The quantitative estimate of drug-likeness (QED) is 0.839. The van der Waals surface area contributed by atoms with Crippen LogP contribution in [0.2, 0.25) is 0 Å². The number of carbonyl (C=O) groups is 1. The first-order valence-electron chi connectivity index (χ1n) is 6.80. The Balaban J connectivity index is 1.88. The highest BCUT2D eigenvalue weighted by Crippen LogP contribution is 2.16. The zero-order valence-corrected chi connectivity index (χ0v) is 11.6. The fraction of sp³-hybridized carbons (Fsp3) is 0.533. The van der Waals surface area contributed by atoms with Crippen molar-refractivity contribution in [2.24, 2.45) is 0 Å². The van der Waals surface area contributed by atoms with Crippen molar-refractivity contribution < 1.29 is 9.53 Å². The van der Waals surface area contributed by atoms with Crippen molar-refractivity contribution in [3.05, 3.63) is 35.4 Å². The minimum absolute atomic E-state index is 0.0816. The normalized spacial score (nSPS) is 19.6. The number of fused-ring (bicyclic) bond motifs is 1. The van der Waals surface area contributed by atoms with Crippen molar-refractivity contribution in [3.8, 4) is 0 Å². The molecule has 1 aromatic carbocycles. The second-order valence-electron chi connectivity index (χ2n) is 5.10. The molecule has 19 heavy (non-hydrogen) atoms. The molecule has 4 nitrogen and oxygen atoms in total. The number of carbonyl (C=O) groups excluding carboxylic acids is 1. The van der Waals surface area contributed by atoms with Gasteiger partial charge in [0.25, 0.3) is 0 Å². The maximum Gasteiger partial charge on any atom is 0.237 e. The Bertz CT molecular complexity index is 434. The lowest BCUT2D eigenvalue weighted by Gasteiger charge is -2.26. The summed E-state index contributed by atoms with van der Waals surface area (Å²) in [6.45, 7) is 3.44. The first-order valence-corrected chi connectivity index (χ1v) is 6.80. The van der Waals surface area contributed by atoms with E-state index < -0.39 is 0 Å². The van der Waals surface area contributed by atoms with Gasteiger partial charge in [-0.1, -0.05) is 24.3 Å². The molecular formula is C15H22N2O2. The van der Waals surface area contributed by atoms with E-state index in [9.17, 15) is 4.79 Å². The number of benzene rings is 1. The Kier molecular flexibility index (Phi) is 4.93. The van der Waals surface area contributed by atoms with Crippen LogP contribution in [0, 0.1) is 0 Å². The molecule has 0 saturated carbocycles. The Morgan fingerprint density at radius 3 is 2.95 bits per heavy atom. The van der Waals surface area contributed by atoms with Crippen molar-refractivity contribution in [3.63, 3.8) is 0 Å². The van der Waals surface area contributed by atoms with E-state index >= 15 is 0 Å². The van der Waals surface area contributed by atoms with Gasteiger partial charge in [0.2, 0.25) is 5.91 Å². The van der Waals surface area contributed by atoms with E-state index in [0.717, 1.165) is 19.4 Å². The van der Waals surface area contributed by atoms with E-state index in [1.54, 1.807) is 7.11 Å². The van der Waals surface area contributed by atoms with Gasteiger partial charge in [0, 0.05) is 26.3 Å². The summed E-state index contributed by atoms with van der Waals surface area (Å²) in [6.07, 6.45) is 1.60. The highest BCUT2D eigenvalue weighted by Gasteiger charge is 2.24. The molecule has 0 fully saturated rings. The van der Waals surface area contributed by atoms with Crippen molar-refractivity contribution in [1.29, 1.82) is 0 Å². The molecule has 0 bridgehead atoms. The molecule has 2 rings (SSSR count). The number of amides is 1. The van der Waals surface area contributed by atoms with E-state index in [2.05, 4.69) is 22.8 Å². The van der Waals surface area contributed by atoms with Gasteiger partial charge >= 0.3 is 0 Å². The fourth-order valence-corrected chi connectivity index (χ4v) is 2.35. The summed E-state index contributed by atoms with van der Waals surface area (Å²) in [7, 11) is 1.67. The number of methoxy groups -OCH3 is 1. The Morgan fingerprint density at radius 2 is 2.21 bits per heavy atom. The molecule has 0 aromatic heterocycles. The Morgan fingerprint density at radius 1 is 1.47 bits per heavy atom. The van der Waals surface area contributed by atoms with Crippen LogP contribution in [0.4, 0.5) is 0 Å². The third-order valence-corrected chi connectivity index (χ3v) is 3.54. The number of rotatable bonds is 5. The predicted molar refractivity (Wildman–Crippen MR) is 74.9 cm³/mol. The Labute approximate surface area is 114 Å². The van der Waals surface area contributed by atoms with Gasteiger partial charge < -0.3 is 15.4 Å². The van der Waals surface area contributed by atoms with E-state index in [0.29, 0.717) is 6.61 Å². The average Bonchev–Trinajstić information content (AvgIpc) is 2.44. The number of nitrogens with one attached hydrogen (secondary N) is 2. The van der Waals surface area contributed by atoms with Gasteiger partial charge in [-0.25, -0.2) is 0 Å². The maximum absolute atomic E-state index is 12.2. The van der Waals surface area contributed by atoms with Gasteiger partial charge in [0.15, 0.2) is 0 Å². The zero-order valence-electron chi connectivity index (χ0n) is 11.6. The third-order valence-electron chi connectivity index (χ3n) is 3.54. The molecular weight excluding hydrogens is 240 g/mol. The van der Waals surface area contributed by atoms with E-state index in [4.69, 9.17) is 4.74 Å². The third kappa shape index (κ3) is 3.78. The van der Waals surface area contributed by atoms with Crippen LogP contribution < -0.4 is 10.6 Å². The number of hydrogen-bond acceptors (Lipinski definition) is 3. The minimum Gasteiger partial charge on any atom is -0.385 e. The molecule has 1 aliphatic heterocycles. The number of hydrogen-bond donors (Lipinski definition) is 2. The van der Waals surface area contributed by atoms with Crippen molar-refractivity contribution in [2.75, 3.05) is 13.7 Å². The van der Waals surface area contributed by atoms with Crippen molar-refractivity contribution >= 4 is 5.91 Å². The topological polar surface area (TPSA) is 50.4 Å². The molecule has 0 spiro atoms. The molecule has 104 valence electrons. The lowest BCUT2D eigenvalue weighted by atomic mass is 9.95. The molecule has 1 amide bonds. The Hall–Kier alpha value is -1.39. The largest absolute Gasteiger partial charge is 0.385 e. The summed E-state index contributed by atoms with van der Waals surface area (Å²) in [5.74, 6) is 0.0816. The van der Waals surface area contributed by atoms with Gasteiger partial charge in [-0.05, 0) is 30.9 Å². The van der Waals surface area contributed by atoms with Crippen LogP contribution >= 0.6 is 0 Å². The molecule has 0 radical (unpaired) electrons. The van der Waals surface area contributed by atoms with E-state index in [1.165, 1.54) is 11.1 Å². The standard InChI is InChI=1S/C15H22N2O2/c1-11(7-8-19-2)17-15(18)14-9-12-5-3-4-6-13(12)10-16-14/h3-6,11,14,16H,7-10H2,1-2H3,(H,17,18)/t11?,14-/m0/s1. The van der Waals surface area contributed by atoms with Crippen LogP contribution in [0.15, 0.2) is 24.3 Å². The first kappa shape index (κ1) is 14.0. The molecule has 1 aliphatic rings. The monoisotopic (exact) mass is 262 g/mol. The summed E-state index contributed by atoms with van der Waals surface area (Å²) in [4.78, 5) is 12.2. The van der Waals surface area contributed by atoms with Gasteiger partial charge in [0.05, 0.1) is 6.04 Å². The summed E-state index contributed by atoms with van der Waals surface area (Å²) in [5, 5.41) is 6.33. The van der Waals surface area contributed by atoms with Crippen LogP contribution in [0.5, 0.6) is 0 Å². The molecule has 2 atom stereocenters. The van der Waals surface area contributed by atoms with Crippen LogP contribution in [-0.4, -0.2) is 31.7 Å². The van der Waals surface area contributed by atoms with Gasteiger partial charge in [-0.3, -0.25) is 4.79 Å². The van der Waals surface area contributed by atoms with E-state index in [-0.39, 0.29) is 18.0 Å². The summed E-state index contributed by atoms with van der Waals surface area (Å²) in [5.41, 5.74) is 2.56. The highest BCUT2D eigenvalue weighted by atomic mass is 16.5. The first-order chi connectivity index (χ1) is 9.20. The summed E-state index contributed by atoms with van der Waals surface area (Å²) < 4.78 is 5.02. The molecule has 1 unspecified atom stereocenters. The van der Waals surface area contributed by atoms with Gasteiger partial charge in [-0.15, -0.1) is 0 Å². The van der Waals surface area contributed by atoms with Gasteiger partial charge in [0.1, 0.15) is 0 Å². The lowest BCUT2D eigenvalue weighted by molar-refractivity contribution is -0.124. The van der Waals surface area contributed by atoms with Crippen LogP contribution in [-0.2, 0) is 22.5 Å². The number of ether oxygens (including phenoxy) is 1. The summed E-state index contributed by atoms with van der Waals surface area (Å²) >= 11 is 0. The van der Waals surface area contributed by atoms with E-state index in [1.807, 2.05) is 19.1 Å². The van der Waals surface area contributed by atoms with Crippen molar-refractivity contribution in [1.82, 2.24) is 10.6 Å². The molecule has 0 aliphatic carbocycles. The summed E-state index contributed by atoms with van der Waals surface area (Å²) in [6, 6.07) is 8.29. The SMILES string of the molecule is COCCC(C)NC(=O)[C@@H]1Cc2ccccc2CN1. The lowest BCUT2D eigenvalue weighted by Crippen LogP contribution is -2.50. The minimum atomic E-state index is -0.125. The van der Waals surface area contributed by atoms with Crippen LogP contribution in [0.25, 0.3) is 0 Å². The molecule has 1 aromatic rings. The highest BCUT2D eigenvalue weighted by molar-refractivity contribution is 5.82. The maximum atomic E-state index is 12.2. The van der Waals surface area contributed by atoms with Crippen molar-refractivity contribution in [2.45, 2.75) is 38.4 Å².